The van der Waals surface area contributed by atoms with E-state index in [9.17, 15) is 9.59 Å². The van der Waals surface area contributed by atoms with Gasteiger partial charge in [-0.3, -0.25) is 9.59 Å². The molecular weight excluding hydrogens is 334 g/mol. The molecule has 0 radical (unpaired) electrons. The van der Waals surface area contributed by atoms with Crippen LogP contribution in [-0.4, -0.2) is 34.8 Å². The van der Waals surface area contributed by atoms with Crippen LogP contribution in [0.3, 0.4) is 0 Å². The highest BCUT2D eigenvalue weighted by molar-refractivity contribution is 7.14. The minimum absolute atomic E-state index is 0.101. The molecule has 1 aromatic carbocycles. The molecule has 1 aliphatic rings. The zero-order valence-electron chi connectivity index (χ0n) is 14.4. The zero-order valence-corrected chi connectivity index (χ0v) is 15.2. The number of rotatable bonds is 7. The average molecular weight is 357 g/mol. The van der Waals surface area contributed by atoms with Gasteiger partial charge in [-0.15, -0.1) is 11.3 Å². The lowest BCUT2D eigenvalue weighted by molar-refractivity contribution is -0.140. The molecule has 1 heterocycles. The van der Waals surface area contributed by atoms with E-state index in [0.717, 1.165) is 36.9 Å². The Bertz CT molecular complexity index is 725. The van der Waals surface area contributed by atoms with Crippen LogP contribution >= 0.6 is 11.3 Å². The molecule has 0 atom stereocenters. The van der Waals surface area contributed by atoms with Crippen LogP contribution in [0.2, 0.25) is 0 Å². The number of carbonyl (C=O) groups is 2. The molecule has 132 valence electrons. The van der Waals surface area contributed by atoms with Crippen molar-refractivity contribution in [3.63, 3.8) is 0 Å². The van der Waals surface area contributed by atoms with Crippen molar-refractivity contribution in [3.8, 4) is 11.3 Å². The van der Waals surface area contributed by atoms with Crippen LogP contribution in [0.5, 0.6) is 0 Å². The highest BCUT2D eigenvalue weighted by Gasteiger charge is 2.30. The van der Waals surface area contributed by atoms with E-state index in [2.05, 4.69) is 10.3 Å². The molecule has 1 saturated carbocycles. The topological polar surface area (TPSA) is 62.3 Å². The standard InChI is InChI=1S/C19H23N3O2S/c1-2-11-22(18(24)15-9-6-10-15)12-17(23)21-19-20-16(13-25-19)14-7-4-3-5-8-14/h3-5,7-8,13,15H,2,6,9-12H2,1H3,(H,20,21,23). The van der Waals surface area contributed by atoms with Gasteiger partial charge in [0.25, 0.3) is 0 Å². The Kier molecular flexibility index (Phi) is 5.81. The fourth-order valence-corrected chi connectivity index (χ4v) is 3.59. The quantitative estimate of drug-likeness (QED) is 0.820. The minimum Gasteiger partial charge on any atom is -0.333 e. The van der Waals surface area contributed by atoms with Gasteiger partial charge in [0.15, 0.2) is 5.13 Å². The number of amides is 2. The molecule has 1 fully saturated rings. The fourth-order valence-electron chi connectivity index (χ4n) is 2.86. The second-order valence-corrected chi connectivity index (χ2v) is 7.20. The van der Waals surface area contributed by atoms with Gasteiger partial charge in [-0.25, -0.2) is 4.98 Å². The number of aromatic nitrogens is 1. The first-order valence-electron chi connectivity index (χ1n) is 8.77. The number of nitrogens with zero attached hydrogens (tertiary/aromatic N) is 2. The number of thiazole rings is 1. The first-order valence-corrected chi connectivity index (χ1v) is 9.65. The molecule has 0 saturated heterocycles. The Morgan fingerprint density at radius 1 is 1.28 bits per heavy atom. The van der Waals surface area contributed by atoms with Gasteiger partial charge in [0.05, 0.1) is 12.2 Å². The maximum atomic E-state index is 12.4. The van der Waals surface area contributed by atoms with Gasteiger partial charge < -0.3 is 10.2 Å². The summed E-state index contributed by atoms with van der Waals surface area (Å²) in [5, 5.41) is 5.32. The monoisotopic (exact) mass is 357 g/mol. The summed E-state index contributed by atoms with van der Waals surface area (Å²) >= 11 is 1.40. The van der Waals surface area contributed by atoms with Gasteiger partial charge in [-0.05, 0) is 19.3 Å². The van der Waals surface area contributed by atoms with E-state index in [1.165, 1.54) is 11.3 Å². The van der Waals surface area contributed by atoms with Gasteiger partial charge in [0.1, 0.15) is 0 Å². The van der Waals surface area contributed by atoms with Gasteiger partial charge in [0.2, 0.25) is 11.8 Å². The number of hydrogen-bond donors (Lipinski definition) is 1. The second kappa shape index (κ2) is 8.25. The summed E-state index contributed by atoms with van der Waals surface area (Å²) in [6.45, 7) is 2.74. The number of carbonyl (C=O) groups excluding carboxylic acids is 2. The van der Waals surface area contributed by atoms with Crippen molar-refractivity contribution in [3.05, 3.63) is 35.7 Å². The summed E-state index contributed by atoms with van der Waals surface area (Å²) in [5.41, 5.74) is 1.86. The predicted octanol–water partition coefficient (Wildman–Crippen LogP) is 3.79. The van der Waals surface area contributed by atoms with E-state index < -0.39 is 0 Å². The second-order valence-electron chi connectivity index (χ2n) is 6.34. The van der Waals surface area contributed by atoms with E-state index in [4.69, 9.17) is 0 Å². The smallest absolute Gasteiger partial charge is 0.245 e. The molecule has 1 aliphatic carbocycles. The minimum atomic E-state index is -0.185. The molecule has 0 spiro atoms. The molecule has 2 amide bonds. The SMILES string of the molecule is CCCN(CC(=O)Nc1nc(-c2ccccc2)cs1)C(=O)C1CCC1. The number of hydrogen-bond acceptors (Lipinski definition) is 4. The summed E-state index contributed by atoms with van der Waals surface area (Å²) in [4.78, 5) is 30.9. The van der Waals surface area contributed by atoms with E-state index in [1.807, 2.05) is 42.6 Å². The van der Waals surface area contributed by atoms with Crippen molar-refractivity contribution in [1.29, 1.82) is 0 Å². The summed E-state index contributed by atoms with van der Waals surface area (Å²) in [6.07, 6.45) is 3.87. The molecule has 0 aliphatic heterocycles. The number of nitrogens with one attached hydrogen (secondary N) is 1. The Morgan fingerprint density at radius 3 is 2.68 bits per heavy atom. The first-order chi connectivity index (χ1) is 12.2. The summed E-state index contributed by atoms with van der Waals surface area (Å²) < 4.78 is 0. The van der Waals surface area contributed by atoms with Crippen LogP contribution in [0.1, 0.15) is 32.6 Å². The summed E-state index contributed by atoms with van der Waals surface area (Å²) in [7, 11) is 0. The lowest BCUT2D eigenvalue weighted by Gasteiger charge is -2.31. The number of anilines is 1. The van der Waals surface area contributed by atoms with Gasteiger partial charge in [0, 0.05) is 23.4 Å². The van der Waals surface area contributed by atoms with Crippen LogP contribution in [0.15, 0.2) is 35.7 Å². The van der Waals surface area contributed by atoms with E-state index in [0.29, 0.717) is 11.7 Å². The molecule has 0 bridgehead atoms. The Hall–Kier alpha value is -2.21. The molecule has 1 aromatic heterocycles. The maximum absolute atomic E-state index is 12.4. The summed E-state index contributed by atoms with van der Waals surface area (Å²) in [6, 6.07) is 9.85. The highest BCUT2D eigenvalue weighted by atomic mass is 32.1. The Labute approximate surface area is 152 Å². The van der Waals surface area contributed by atoms with Gasteiger partial charge in [-0.1, -0.05) is 43.7 Å². The van der Waals surface area contributed by atoms with Crippen molar-refractivity contribution in [2.75, 3.05) is 18.4 Å². The van der Waals surface area contributed by atoms with E-state index in [1.54, 1.807) is 4.90 Å². The van der Waals surface area contributed by atoms with Crippen LogP contribution in [0.25, 0.3) is 11.3 Å². The predicted molar refractivity (Wildman–Crippen MR) is 100 cm³/mol. The van der Waals surface area contributed by atoms with Crippen molar-refractivity contribution in [2.24, 2.45) is 5.92 Å². The van der Waals surface area contributed by atoms with Gasteiger partial charge >= 0.3 is 0 Å². The summed E-state index contributed by atoms with van der Waals surface area (Å²) in [5.74, 6) is 0.0475. The molecular formula is C19H23N3O2S. The normalized spacial score (nSPS) is 14.0. The third-order valence-electron chi connectivity index (χ3n) is 4.41. The third-order valence-corrected chi connectivity index (χ3v) is 5.17. The van der Waals surface area contributed by atoms with Crippen molar-refractivity contribution < 1.29 is 9.59 Å². The van der Waals surface area contributed by atoms with Crippen LogP contribution in [0.4, 0.5) is 5.13 Å². The lowest BCUT2D eigenvalue weighted by Crippen LogP contribution is -2.43. The molecule has 1 N–H and O–H groups in total. The molecule has 6 heteroatoms. The maximum Gasteiger partial charge on any atom is 0.245 e. The van der Waals surface area contributed by atoms with Crippen LogP contribution in [-0.2, 0) is 9.59 Å². The van der Waals surface area contributed by atoms with Crippen molar-refractivity contribution in [2.45, 2.75) is 32.6 Å². The van der Waals surface area contributed by atoms with Crippen molar-refractivity contribution >= 4 is 28.3 Å². The third kappa shape index (κ3) is 4.45. The molecule has 2 aromatic rings. The van der Waals surface area contributed by atoms with E-state index in [-0.39, 0.29) is 24.3 Å². The Morgan fingerprint density at radius 2 is 2.04 bits per heavy atom. The van der Waals surface area contributed by atoms with E-state index >= 15 is 0 Å². The highest BCUT2D eigenvalue weighted by Crippen LogP contribution is 2.28. The largest absolute Gasteiger partial charge is 0.333 e. The molecule has 25 heavy (non-hydrogen) atoms. The number of benzene rings is 1. The molecule has 3 rings (SSSR count). The van der Waals surface area contributed by atoms with Crippen molar-refractivity contribution in [1.82, 2.24) is 9.88 Å². The Balaban J connectivity index is 1.59. The zero-order chi connectivity index (χ0) is 17.6. The van der Waals surface area contributed by atoms with Crippen LogP contribution in [0, 0.1) is 5.92 Å². The lowest BCUT2D eigenvalue weighted by atomic mass is 9.84. The van der Waals surface area contributed by atoms with Crippen LogP contribution < -0.4 is 5.32 Å². The van der Waals surface area contributed by atoms with Gasteiger partial charge in [-0.2, -0.15) is 0 Å². The average Bonchev–Trinajstić information content (AvgIpc) is 3.02. The molecule has 0 unspecified atom stereocenters. The molecule has 5 nitrogen and oxygen atoms in total. The fraction of sp³-hybridized carbons (Fsp3) is 0.421. The first kappa shape index (κ1) is 17.6.